The molecule has 3 aromatic rings. The Morgan fingerprint density at radius 3 is 2.83 bits per heavy atom. The molecule has 1 N–H and O–H groups in total. The molecular formula is C17H18N4O2. The lowest BCUT2D eigenvalue weighted by atomic mass is 10.1. The lowest BCUT2D eigenvalue weighted by Crippen LogP contribution is -2.07. The Kier molecular flexibility index (Phi) is 3.97. The van der Waals surface area contributed by atoms with Crippen LogP contribution in [0, 0.1) is 6.92 Å². The molecule has 0 unspecified atom stereocenters. The summed E-state index contributed by atoms with van der Waals surface area (Å²) in [6.45, 7) is 2.56. The Hall–Kier alpha value is -2.89. The van der Waals surface area contributed by atoms with Crippen LogP contribution in [0.1, 0.15) is 22.0 Å². The second-order valence-electron chi connectivity index (χ2n) is 5.31. The van der Waals surface area contributed by atoms with Crippen LogP contribution in [0.4, 0.5) is 5.69 Å². The van der Waals surface area contributed by atoms with Crippen LogP contribution in [-0.4, -0.2) is 27.6 Å². The van der Waals surface area contributed by atoms with Crippen LogP contribution in [-0.2, 0) is 18.3 Å². The average Bonchev–Trinajstić information content (AvgIpc) is 2.89. The molecule has 2 heterocycles. The van der Waals surface area contributed by atoms with Crippen molar-refractivity contribution in [3.8, 4) is 0 Å². The van der Waals surface area contributed by atoms with Gasteiger partial charge in [-0.1, -0.05) is 12.1 Å². The van der Waals surface area contributed by atoms with Crippen molar-refractivity contribution in [1.82, 2.24) is 14.5 Å². The van der Waals surface area contributed by atoms with Gasteiger partial charge in [-0.25, -0.2) is 14.8 Å². The van der Waals surface area contributed by atoms with E-state index in [1.165, 1.54) is 7.11 Å². The fourth-order valence-corrected chi connectivity index (χ4v) is 2.63. The van der Waals surface area contributed by atoms with E-state index in [0.29, 0.717) is 12.2 Å². The summed E-state index contributed by atoms with van der Waals surface area (Å²) in [5.41, 5.74) is 2.23. The number of imidazole rings is 1. The summed E-state index contributed by atoms with van der Waals surface area (Å²) >= 11 is 0. The van der Waals surface area contributed by atoms with Crippen molar-refractivity contribution in [2.45, 2.75) is 13.5 Å². The highest BCUT2D eigenvalue weighted by molar-refractivity contribution is 6.06. The summed E-state index contributed by atoms with van der Waals surface area (Å²) in [7, 11) is 3.33. The van der Waals surface area contributed by atoms with Gasteiger partial charge >= 0.3 is 5.97 Å². The van der Waals surface area contributed by atoms with Gasteiger partial charge in [-0.2, -0.15) is 0 Å². The fourth-order valence-electron chi connectivity index (χ4n) is 2.63. The molecule has 0 bridgehead atoms. The SMILES string of the molecule is COC(=O)c1nccc2c(NCc3nc(C)cn3C)cccc12. The molecule has 0 saturated heterocycles. The Morgan fingerprint density at radius 2 is 2.13 bits per heavy atom. The van der Waals surface area contributed by atoms with Crippen LogP contribution in [0.5, 0.6) is 0 Å². The second kappa shape index (κ2) is 6.08. The number of nitrogens with one attached hydrogen (secondary N) is 1. The van der Waals surface area contributed by atoms with Crippen molar-refractivity contribution in [3.63, 3.8) is 0 Å². The van der Waals surface area contributed by atoms with Gasteiger partial charge in [-0.3, -0.25) is 0 Å². The summed E-state index contributed by atoms with van der Waals surface area (Å²) in [5.74, 6) is 0.509. The number of pyridine rings is 1. The maximum Gasteiger partial charge on any atom is 0.357 e. The van der Waals surface area contributed by atoms with Gasteiger partial charge in [0.25, 0.3) is 0 Å². The molecule has 0 aliphatic carbocycles. The van der Waals surface area contributed by atoms with Gasteiger partial charge in [-0.05, 0) is 19.1 Å². The van der Waals surface area contributed by atoms with Crippen LogP contribution in [0.15, 0.2) is 36.7 Å². The number of aromatic nitrogens is 3. The van der Waals surface area contributed by atoms with Crippen LogP contribution in [0.2, 0.25) is 0 Å². The molecule has 118 valence electrons. The van der Waals surface area contributed by atoms with Gasteiger partial charge in [0.05, 0.1) is 19.3 Å². The number of hydrogen-bond donors (Lipinski definition) is 1. The first-order valence-electron chi connectivity index (χ1n) is 7.29. The number of carbonyl (C=O) groups excluding carboxylic acids is 1. The molecule has 0 atom stereocenters. The largest absolute Gasteiger partial charge is 0.464 e. The van der Waals surface area contributed by atoms with Crippen molar-refractivity contribution >= 4 is 22.4 Å². The highest BCUT2D eigenvalue weighted by Gasteiger charge is 2.13. The monoisotopic (exact) mass is 310 g/mol. The van der Waals surface area contributed by atoms with Gasteiger partial charge in [0.1, 0.15) is 5.82 Å². The smallest absolute Gasteiger partial charge is 0.357 e. The highest BCUT2D eigenvalue weighted by Crippen LogP contribution is 2.25. The maximum atomic E-state index is 11.8. The number of carbonyl (C=O) groups is 1. The first kappa shape index (κ1) is 15.0. The molecule has 23 heavy (non-hydrogen) atoms. The lowest BCUT2D eigenvalue weighted by molar-refractivity contribution is 0.0596. The molecule has 2 aromatic heterocycles. The third-order valence-electron chi connectivity index (χ3n) is 3.71. The van der Waals surface area contributed by atoms with Gasteiger partial charge in [0, 0.05) is 35.9 Å². The van der Waals surface area contributed by atoms with E-state index in [9.17, 15) is 4.79 Å². The molecule has 6 nitrogen and oxygen atoms in total. The van der Waals surface area contributed by atoms with E-state index < -0.39 is 5.97 Å². The van der Waals surface area contributed by atoms with Gasteiger partial charge in [0.15, 0.2) is 5.69 Å². The summed E-state index contributed by atoms with van der Waals surface area (Å²) in [5, 5.41) is 5.07. The predicted molar refractivity (Wildman–Crippen MR) is 88.4 cm³/mol. The molecular weight excluding hydrogens is 292 g/mol. The zero-order valence-corrected chi connectivity index (χ0v) is 13.3. The van der Waals surface area contributed by atoms with Crippen LogP contribution < -0.4 is 5.32 Å². The summed E-state index contributed by atoms with van der Waals surface area (Å²) < 4.78 is 6.79. The molecule has 1 aromatic carbocycles. The number of anilines is 1. The maximum absolute atomic E-state index is 11.8. The van der Waals surface area contributed by atoms with Gasteiger partial charge < -0.3 is 14.6 Å². The highest BCUT2D eigenvalue weighted by atomic mass is 16.5. The van der Waals surface area contributed by atoms with Gasteiger partial charge in [0.2, 0.25) is 0 Å². The van der Waals surface area contributed by atoms with Crippen molar-refractivity contribution < 1.29 is 9.53 Å². The predicted octanol–water partition coefficient (Wildman–Crippen LogP) is 2.68. The average molecular weight is 310 g/mol. The summed E-state index contributed by atoms with van der Waals surface area (Å²) in [4.78, 5) is 20.5. The number of benzene rings is 1. The minimum atomic E-state index is -0.438. The van der Waals surface area contributed by atoms with Crippen molar-refractivity contribution in [3.05, 3.63) is 53.9 Å². The van der Waals surface area contributed by atoms with Crippen molar-refractivity contribution in [2.24, 2.45) is 7.05 Å². The summed E-state index contributed by atoms with van der Waals surface area (Å²) in [6, 6.07) is 7.61. The topological polar surface area (TPSA) is 69.0 Å². The molecule has 0 aliphatic rings. The van der Waals surface area contributed by atoms with Gasteiger partial charge in [-0.15, -0.1) is 0 Å². The molecule has 3 rings (SSSR count). The van der Waals surface area contributed by atoms with Crippen molar-refractivity contribution in [2.75, 3.05) is 12.4 Å². The lowest BCUT2D eigenvalue weighted by Gasteiger charge is -2.11. The Bertz CT molecular complexity index is 870. The molecule has 0 spiro atoms. The minimum absolute atomic E-state index is 0.321. The third kappa shape index (κ3) is 2.88. The van der Waals surface area contributed by atoms with Crippen molar-refractivity contribution in [1.29, 1.82) is 0 Å². The third-order valence-corrected chi connectivity index (χ3v) is 3.71. The number of hydrogen-bond acceptors (Lipinski definition) is 5. The number of esters is 1. The van der Waals surface area contributed by atoms with E-state index in [1.54, 1.807) is 6.20 Å². The van der Waals surface area contributed by atoms with E-state index in [0.717, 1.165) is 28.0 Å². The molecule has 0 radical (unpaired) electrons. The minimum Gasteiger partial charge on any atom is -0.464 e. The Morgan fingerprint density at radius 1 is 1.30 bits per heavy atom. The van der Waals surface area contributed by atoms with E-state index >= 15 is 0 Å². The fraction of sp³-hybridized carbons (Fsp3) is 0.235. The van der Waals surface area contributed by atoms with Crippen LogP contribution in [0.25, 0.3) is 10.8 Å². The number of rotatable bonds is 4. The van der Waals surface area contributed by atoms with E-state index in [1.807, 2.05) is 49.0 Å². The number of methoxy groups -OCH3 is 1. The van der Waals surface area contributed by atoms with Crippen LogP contribution in [0.3, 0.4) is 0 Å². The first-order chi connectivity index (χ1) is 11.1. The number of ether oxygens (including phenoxy) is 1. The second-order valence-corrected chi connectivity index (χ2v) is 5.31. The van der Waals surface area contributed by atoms with Crippen LogP contribution >= 0.6 is 0 Å². The van der Waals surface area contributed by atoms with E-state index in [4.69, 9.17) is 4.74 Å². The normalized spacial score (nSPS) is 10.7. The van der Waals surface area contributed by atoms with E-state index in [-0.39, 0.29) is 0 Å². The number of nitrogens with zero attached hydrogens (tertiary/aromatic N) is 3. The number of fused-ring (bicyclic) bond motifs is 1. The first-order valence-corrected chi connectivity index (χ1v) is 7.29. The molecule has 0 amide bonds. The molecule has 0 fully saturated rings. The quantitative estimate of drug-likeness (QED) is 0.750. The molecule has 0 saturated carbocycles. The Labute approximate surface area is 134 Å². The Balaban J connectivity index is 1.95. The zero-order valence-electron chi connectivity index (χ0n) is 13.3. The molecule has 0 aliphatic heterocycles. The zero-order chi connectivity index (χ0) is 16.4. The van der Waals surface area contributed by atoms with E-state index in [2.05, 4.69) is 15.3 Å². The molecule has 6 heteroatoms. The summed E-state index contributed by atoms with van der Waals surface area (Å²) in [6.07, 6.45) is 3.60. The standard InChI is InChI=1S/C17H18N4O2/c1-11-10-21(2)15(20-11)9-19-14-6-4-5-13-12(14)7-8-18-16(13)17(22)23-3/h4-8,10,19H,9H2,1-3H3. The number of aryl methyl sites for hydroxylation is 2.